The van der Waals surface area contributed by atoms with E-state index in [1.54, 1.807) is 58.9 Å². The summed E-state index contributed by atoms with van der Waals surface area (Å²) in [5.41, 5.74) is 5.99. The number of nitrogens with zero attached hydrogens (tertiary/aromatic N) is 1. The molecule has 0 aromatic heterocycles. The van der Waals surface area contributed by atoms with Gasteiger partial charge in [0.1, 0.15) is 19.2 Å². The number of anilines is 1. The number of primary amides is 1. The van der Waals surface area contributed by atoms with Crippen LogP contribution in [0, 0.1) is 17.8 Å². The number of imide groups is 1. The number of urea groups is 1. The number of benzene rings is 1. The first-order chi connectivity index (χ1) is 20.2. The summed E-state index contributed by atoms with van der Waals surface area (Å²) >= 11 is 0. The number of hydrogen-bond donors (Lipinski definition) is 5. The quantitative estimate of drug-likeness (QED) is 0.162. The summed E-state index contributed by atoms with van der Waals surface area (Å²) in [6.45, 7) is 10.5. The Bertz CT molecular complexity index is 1150. The molecule has 2 atom stereocenters. The fraction of sp³-hybridized carbons (Fsp3) is 0.552. The van der Waals surface area contributed by atoms with Crippen molar-refractivity contribution < 1.29 is 38.3 Å². The van der Waals surface area contributed by atoms with Crippen LogP contribution in [0.3, 0.4) is 0 Å². The molecule has 0 radical (unpaired) electrons. The topological polar surface area (TPSA) is 206 Å². The summed E-state index contributed by atoms with van der Waals surface area (Å²) in [4.78, 5) is 83.5. The maximum Gasteiger partial charge on any atom is 0.312 e. The SMILES string of the molecule is CC(C)C(=O)OCc1ccc(NC(=O)CNC(=O)C(NC(=O)CN2C(=O)CC(C)C2=O)C(C)C)cc1.CCCNC(N)=O. The van der Waals surface area contributed by atoms with Crippen LogP contribution in [0.15, 0.2) is 24.3 Å². The van der Waals surface area contributed by atoms with E-state index in [4.69, 9.17) is 10.5 Å². The van der Waals surface area contributed by atoms with Gasteiger partial charge in [-0.05, 0) is 30.0 Å². The third-order valence-corrected chi connectivity index (χ3v) is 6.10. The van der Waals surface area contributed by atoms with Crippen LogP contribution in [-0.4, -0.2) is 72.1 Å². The van der Waals surface area contributed by atoms with Crippen LogP contribution in [0.2, 0.25) is 0 Å². The predicted molar refractivity (Wildman–Crippen MR) is 158 cm³/mol. The number of amides is 7. The number of carbonyl (C=O) groups excluding carboxylic acids is 7. The van der Waals surface area contributed by atoms with Gasteiger partial charge in [0.05, 0.1) is 12.5 Å². The Kier molecular flexibility index (Phi) is 15.4. The van der Waals surface area contributed by atoms with Gasteiger partial charge in [0, 0.05) is 24.6 Å². The Hall–Kier alpha value is -4.49. The number of esters is 1. The molecule has 2 rings (SSSR count). The summed E-state index contributed by atoms with van der Waals surface area (Å²) in [5, 5.41) is 10.1. The molecule has 43 heavy (non-hydrogen) atoms. The molecule has 1 aromatic carbocycles. The third-order valence-electron chi connectivity index (χ3n) is 6.10. The van der Waals surface area contributed by atoms with Crippen LogP contribution >= 0.6 is 0 Å². The van der Waals surface area contributed by atoms with Crippen molar-refractivity contribution in [1.82, 2.24) is 20.9 Å². The maximum absolute atomic E-state index is 12.6. The van der Waals surface area contributed by atoms with E-state index in [0.717, 1.165) is 16.9 Å². The highest BCUT2D eigenvalue weighted by Gasteiger charge is 2.37. The summed E-state index contributed by atoms with van der Waals surface area (Å²) in [7, 11) is 0. The van der Waals surface area contributed by atoms with Gasteiger partial charge in [0.2, 0.25) is 29.5 Å². The van der Waals surface area contributed by atoms with Crippen molar-refractivity contribution >= 4 is 47.2 Å². The average Bonchev–Trinajstić information content (AvgIpc) is 3.18. The van der Waals surface area contributed by atoms with Gasteiger partial charge >= 0.3 is 12.0 Å². The second-order valence-corrected chi connectivity index (χ2v) is 10.7. The molecule has 7 amide bonds. The summed E-state index contributed by atoms with van der Waals surface area (Å²) in [6.07, 6.45) is 0.993. The first-order valence-electron chi connectivity index (χ1n) is 14.2. The lowest BCUT2D eigenvalue weighted by molar-refractivity contribution is -0.148. The van der Waals surface area contributed by atoms with Crippen molar-refractivity contribution in [2.75, 3.05) is 25.0 Å². The minimum atomic E-state index is -0.955. The molecule has 14 heteroatoms. The van der Waals surface area contributed by atoms with Gasteiger partial charge in [-0.1, -0.05) is 53.7 Å². The molecular formula is C29H44N6O8. The number of rotatable bonds is 13. The zero-order valence-corrected chi connectivity index (χ0v) is 25.7. The van der Waals surface area contributed by atoms with E-state index in [0.29, 0.717) is 12.2 Å². The van der Waals surface area contributed by atoms with Gasteiger partial charge in [-0.25, -0.2) is 4.79 Å². The summed E-state index contributed by atoms with van der Waals surface area (Å²) < 4.78 is 5.16. The molecule has 0 aliphatic carbocycles. The average molecular weight is 605 g/mol. The standard InChI is InChI=1S/C25H34N4O7.C4H10N2O/c1-14(2)22(28-20(31)12-29-21(32)10-16(5)24(29)34)23(33)26-11-19(30)27-18-8-6-17(7-9-18)13-36-25(35)15(3)4;1-2-3-6-4(5)7/h6-9,14-16,22H,10-13H2,1-5H3,(H,26,33)(H,27,30)(H,28,31);2-3H2,1H3,(H3,5,6,7). The highest BCUT2D eigenvalue weighted by atomic mass is 16.5. The van der Waals surface area contributed by atoms with Crippen LogP contribution < -0.4 is 27.0 Å². The van der Waals surface area contributed by atoms with Crippen LogP contribution in [0.5, 0.6) is 0 Å². The lowest BCUT2D eigenvalue weighted by atomic mass is 10.0. The van der Waals surface area contributed by atoms with Crippen molar-refractivity contribution in [2.45, 2.75) is 67.0 Å². The number of nitrogens with one attached hydrogen (secondary N) is 4. The Balaban J connectivity index is 0.00000117. The zero-order valence-electron chi connectivity index (χ0n) is 25.7. The van der Waals surface area contributed by atoms with E-state index in [2.05, 4.69) is 21.3 Å². The third kappa shape index (κ3) is 13.4. The van der Waals surface area contributed by atoms with E-state index in [9.17, 15) is 33.6 Å². The molecule has 238 valence electrons. The monoisotopic (exact) mass is 604 g/mol. The molecule has 2 unspecified atom stereocenters. The van der Waals surface area contributed by atoms with Crippen LogP contribution in [0.4, 0.5) is 10.5 Å². The highest BCUT2D eigenvalue weighted by Crippen LogP contribution is 2.18. The number of nitrogens with two attached hydrogens (primary N) is 1. The van der Waals surface area contributed by atoms with E-state index in [-0.39, 0.29) is 37.4 Å². The molecule has 0 bridgehead atoms. The first-order valence-corrected chi connectivity index (χ1v) is 14.2. The van der Waals surface area contributed by atoms with Crippen LogP contribution in [-0.2, 0) is 40.1 Å². The van der Waals surface area contributed by atoms with Gasteiger partial charge < -0.3 is 31.7 Å². The second-order valence-electron chi connectivity index (χ2n) is 10.7. The van der Waals surface area contributed by atoms with Crippen LogP contribution in [0.1, 0.15) is 59.9 Å². The largest absolute Gasteiger partial charge is 0.461 e. The van der Waals surface area contributed by atoms with Gasteiger partial charge in [-0.2, -0.15) is 0 Å². The Morgan fingerprint density at radius 1 is 1.00 bits per heavy atom. The van der Waals surface area contributed by atoms with Gasteiger partial charge in [-0.15, -0.1) is 0 Å². The fourth-order valence-corrected chi connectivity index (χ4v) is 3.65. The van der Waals surface area contributed by atoms with Crippen molar-refractivity contribution in [3.05, 3.63) is 29.8 Å². The van der Waals surface area contributed by atoms with E-state index < -0.39 is 54.1 Å². The smallest absolute Gasteiger partial charge is 0.312 e. The number of hydrogen-bond acceptors (Lipinski definition) is 8. The van der Waals surface area contributed by atoms with Gasteiger partial charge in [0.15, 0.2) is 0 Å². The minimum Gasteiger partial charge on any atom is -0.461 e. The van der Waals surface area contributed by atoms with Crippen molar-refractivity contribution in [3.8, 4) is 0 Å². The lowest BCUT2D eigenvalue weighted by Gasteiger charge is -2.23. The van der Waals surface area contributed by atoms with E-state index >= 15 is 0 Å². The van der Waals surface area contributed by atoms with Crippen molar-refractivity contribution in [1.29, 1.82) is 0 Å². The molecule has 1 aliphatic rings. The molecule has 1 heterocycles. The fourth-order valence-electron chi connectivity index (χ4n) is 3.65. The Morgan fingerprint density at radius 2 is 1.63 bits per heavy atom. The molecule has 1 fully saturated rings. The number of carbonyl (C=O) groups is 7. The zero-order chi connectivity index (χ0) is 32.7. The molecule has 0 spiro atoms. The predicted octanol–water partition coefficient (Wildman–Crippen LogP) is 1.04. The van der Waals surface area contributed by atoms with E-state index in [1.165, 1.54) is 0 Å². The lowest BCUT2D eigenvalue weighted by Crippen LogP contribution is -2.53. The normalized spacial score (nSPS) is 14.9. The Morgan fingerprint density at radius 3 is 2.09 bits per heavy atom. The second kappa shape index (κ2) is 18.1. The van der Waals surface area contributed by atoms with Crippen LogP contribution in [0.25, 0.3) is 0 Å². The van der Waals surface area contributed by atoms with Gasteiger partial charge in [0.25, 0.3) is 0 Å². The maximum atomic E-state index is 12.6. The molecule has 1 aromatic rings. The molecule has 1 saturated heterocycles. The highest BCUT2D eigenvalue weighted by molar-refractivity contribution is 6.06. The molecule has 14 nitrogen and oxygen atoms in total. The first kappa shape index (κ1) is 36.5. The van der Waals surface area contributed by atoms with Gasteiger partial charge in [-0.3, -0.25) is 33.7 Å². The number of ether oxygens (including phenoxy) is 1. The summed E-state index contributed by atoms with van der Waals surface area (Å²) in [5.74, 6) is -3.80. The van der Waals surface area contributed by atoms with Crippen molar-refractivity contribution in [2.24, 2.45) is 23.5 Å². The molecular weight excluding hydrogens is 560 g/mol. The van der Waals surface area contributed by atoms with E-state index in [1.807, 2.05) is 6.92 Å². The number of likely N-dealkylation sites (tertiary alicyclic amines) is 1. The minimum absolute atomic E-state index is 0.0592. The molecule has 1 aliphatic heterocycles. The van der Waals surface area contributed by atoms with Crippen molar-refractivity contribution in [3.63, 3.8) is 0 Å². The summed E-state index contributed by atoms with van der Waals surface area (Å²) in [6, 6.07) is 5.32. The molecule has 6 N–H and O–H groups in total. The Labute approximate surface area is 251 Å². The molecule has 0 saturated carbocycles.